The fourth-order valence-electron chi connectivity index (χ4n) is 2.86. The zero-order valence-electron chi connectivity index (χ0n) is 15.7. The normalized spacial score (nSPS) is 11.1. The minimum atomic E-state index is -0.161. The Morgan fingerprint density at radius 3 is 2.63 bits per heavy atom. The summed E-state index contributed by atoms with van der Waals surface area (Å²) in [5.41, 5.74) is 7.69. The molecule has 0 atom stereocenters. The molecule has 0 aliphatic rings. The molecule has 0 unspecified atom stereocenters. The van der Waals surface area contributed by atoms with Gasteiger partial charge in [-0.3, -0.25) is 9.13 Å². The molecular weight excluding hydrogens is 346 g/mol. The first kappa shape index (κ1) is 18.9. The number of hydrogen-bond acceptors (Lipinski definition) is 6. The van der Waals surface area contributed by atoms with Crippen LogP contribution in [-0.4, -0.2) is 39.4 Å². The van der Waals surface area contributed by atoms with Gasteiger partial charge in [-0.15, -0.1) is 0 Å². The number of fused-ring (bicyclic) bond motifs is 1. The van der Waals surface area contributed by atoms with Crippen molar-refractivity contribution in [2.45, 2.75) is 32.9 Å². The number of rotatable bonds is 9. The Morgan fingerprint density at radius 1 is 1.19 bits per heavy atom. The molecule has 1 aromatic carbocycles. The molecular formula is C19H25N5O3. The molecule has 8 nitrogen and oxygen atoms in total. The van der Waals surface area contributed by atoms with E-state index in [0.29, 0.717) is 37.4 Å². The molecule has 2 heterocycles. The number of aromatic nitrogens is 4. The second-order valence-corrected chi connectivity index (χ2v) is 6.22. The third kappa shape index (κ3) is 4.11. The fraction of sp³-hybridized carbons (Fsp3) is 0.421. The molecule has 0 aliphatic carbocycles. The Labute approximate surface area is 157 Å². The predicted molar refractivity (Wildman–Crippen MR) is 103 cm³/mol. The van der Waals surface area contributed by atoms with Crippen LogP contribution in [0, 0.1) is 0 Å². The topological polar surface area (TPSA) is 97.2 Å². The molecule has 0 bridgehead atoms. The van der Waals surface area contributed by atoms with Crippen LogP contribution in [0.4, 0.5) is 0 Å². The monoisotopic (exact) mass is 371 g/mol. The van der Waals surface area contributed by atoms with Crippen LogP contribution >= 0.6 is 0 Å². The summed E-state index contributed by atoms with van der Waals surface area (Å²) in [6.07, 6.45) is 3.58. The Hall–Kier alpha value is -2.87. The zero-order valence-corrected chi connectivity index (χ0v) is 15.7. The van der Waals surface area contributed by atoms with Gasteiger partial charge in [-0.2, -0.15) is 4.98 Å². The predicted octanol–water partition coefficient (Wildman–Crippen LogP) is 1.79. The molecule has 0 saturated heterocycles. The maximum absolute atomic E-state index is 12.9. The standard InChI is InChI=1S/C19H25N5O3/c1-3-4-11-27-18-21-12-16-17(22-18)24(19(25)23(16)10-9-20)13-14-5-7-15(26-2)8-6-14/h5-8,12H,3-4,9-11,13,20H2,1-2H3. The smallest absolute Gasteiger partial charge is 0.330 e. The van der Waals surface area contributed by atoms with Crippen LogP contribution in [0.25, 0.3) is 11.2 Å². The average molecular weight is 371 g/mol. The molecule has 0 amide bonds. The lowest BCUT2D eigenvalue weighted by Crippen LogP contribution is -2.27. The van der Waals surface area contributed by atoms with E-state index in [1.54, 1.807) is 22.4 Å². The number of hydrogen-bond donors (Lipinski definition) is 1. The van der Waals surface area contributed by atoms with Gasteiger partial charge in [-0.1, -0.05) is 25.5 Å². The van der Waals surface area contributed by atoms with Gasteiger partial charge in [0.25, 0.3) is 0 Å². The van der Waals surface area contributed by atoms with Gasteiger partial charge in [0, 0.05) is 13.1 Å². The Morgan fingerprint density at radius 2 is 1.96 bits per heavy atom. The van der Waals surface area contributed by atoms with Crippen LogP contribution in [0.15, 0.2) is 35.3 Å². The maximum atomic E-state index is 12.9. The maximum Gasteiger partial charge on any atom is 0.330 e. The summed E-state index contributed by atoms with van der Waals surface area (Å²) in [5, 5.41) is 0. The fourth-order valence-corrected chi connectivity index (χ4v) is 2.86. The van der Waals surface area contributed by atoms with Gasteiger partial charge in [0.1, 0.15) is 11.3 Å². The van der Waals surface area contributed by atoms with E-state index in [1.807, 2.05) is 24.3 Å². The summed E-state index contributed by atoms with van der Waals surface area (Å²) >= 11 is 0. The van der Waals surface area contributed by atoms with Crippen molar-refractivity contribution in [1.29, 1.82) is 0 Å². The van der Waals surface area contributed by atoms with Gasteiger partial charge in [0.2, 0.25) is 0 Å². The molecule has 144 valence electrons. The van der Waals surface area contributed by atoms with E-state index in [0.717, 1.165) is 24.2 Å². The van der Waals surface area contributed by atoms with Gasteiger partial charge < -0.3 is 15.2 Å². The van der Waals surface area contributed by atoms with E-state index in [-0.39, 0.29) is 11.7 Å². The van der Waals surface area contributed by atoms with E-state index < -0.39 is 0 Å². The summed E-state index contributed by atoms with van der Waals surface area (Å²) in [6.45, 7) is 3.80. The number of nitrogens with zero attached hydrogens (tertiary/aromatic N) is 4. The number of unbranched alkanes of at least 4 members (excludes halogenated alkanes) is 1. The lowest BCUT2D eigenvalue weighted by Gasteiger charge is -2.06. The molecule has 0 fully saturated rings. The highest BCUT2D eigenvalue weighted by atomic mass is 16.5. The van der Waals surface area contributed by atoms with Crippen molar-refractivity contribution in [2.24, 2.45) is 5.73 Å². The lowest BCUT2D eigenvalue weighted by atomic mass is 10.2. The first-order chi connectivity index (χ1) is 13.2. The van der Waals surface area contributed by atoms with E-state index in [4.69, 9.17) is 15.2 Å². The van der Waals surface area contributed by atoms with Crippen LogP contribution in [0.2, 0.25) is 0 Å². The van der Waals surface area contributed by atoms with Crippen LogP contribution < -0.4 is 20.9 Å². The quantitative estimate of drug-likeness (QED) is 0.576. The largest absolute Gasteiger partial charge is 0.497 e. The highest BCUT2D eigenvalue weighted by Gasteiger charge is 2.16. The molecule has 3 aromatic rings. The number of benzene rings is 1. The van der Waals surface area contributed by atoms with Crippen LogP contribution in [-0.2, 0) is 13.1 Å². The van der Waals surface area contributed by atoms with Gasteiger partial charge in [0.15, 0.2) is 5.65 Å². The number of nitrogens with two attached hydrogens (primary N) is 1. The molecule has 2 aromatic heterocycles. The second-order valence-electron chi connectivity index (χ2n) is 6.22. The molecule has 0 saturated carbocycles. The highest BCUT2D eigenvalue weighted by Crippen LogP contribution is 2.17. The summed E-state index contributed by atoms with van der Waals surface area (Å²) in [4.78, 5) is 21.6. The molecule has 0 spiro atoms. The first-order valence-corrected chi connectivity index (χ1v) is 9.09. The SMILES string of the molecule is CCCCOc1ncc2c(n1)n(Cc1ccc(OC)cc1)c(=O)n2CCN. The van der Waals surface area contributed by atoms with Crippen molar-refractivity contribution in [3.8, 4) is 11.8 Å². The number of ether oxygens (including phenoxy) is 2. The Balaban J connectivity index is 2.00. The van der Waals surface area contributed by atoms with Gasteiger partial charge in [-0.25, -0.2) is 9.78 Å². The molecule has 0 radical (unpaired) electrons. The third-order valence-electron chi connectivity index (χ3n) is 4.32. The first-order valence-electron chi connectivity index (χ1n) is 9.09. The highest BCUT2D eigenvalue weighted by molar-refractivity contribution is 5.71. The summed E-state index contributed by atoms with van der Waals surface area (Å²) < 4.78 is 14.0. The summed E-state index contributed by atoms with van der Waals surface area (Å²) in [6, 6.07) is 7.87. The zero-order chi connectivity index (χ0) is 19.2. The van der Waals surface area contributed by atoms with Crippen molar-refractivity contribution in [2.75, 3.05) is 20.3 Å². The van der Waals surface area contributed by atoms with Gasteiger partial charge in [0.05, 0.1) is 26.5 Å². The van der Waals surface area contributed by atoms with E-state index in [2.05, 4.69) is 16.9 Å². The van der Waals surface area contributed by atoms with Crippen LogP contribution in [0.3, 0.4) is 0 Å². The summed E-state index contributed by atoms with van der Waals surface area (Å²) in [7, 11) is 1.62. The molecule has 27 heavy (non-hydrogen) atoms. The van der Waals surface area contributed by atoms with Crippen molar-refractivity contribution in [3.63, 3.8) is 0 Å². The number of methoxy groups -OCH3 is 1. The molecule has 8 heteroatoms. The van der Waals surface area contributed by atoms with Crippen molar-refractivity contribution >= 4 is 11.2 Å². The average Bonchev–Trinajstić information content (AvgIpc) is 2.94. The molecule has 3 rings (SSSR count). The lowest BCUT2D eigenvalue weighted by molar-refractivity contribution is 0.286. The van der Waals surface area contributed by atoms with Crippen LogP contribution in [0.1, 0.15) is 25.3 Å². The summed E-state index contributed by atoms with van der Waals surface area (Å²) in [5.74, 6) is 0.769. The third-order valence-corrected chi connectivity index (χ3v) is 4.32. The molecule has 0 aliphatic heterocycles. The van der Waals surface area contributed by atoms with E-state index >= 15 is 0 Å². The number of imidazole rings is 1. The van der Waals surface area contributed by atoms with E-state index in [9.17, 15) is 4.79 Å². The minimum absolute atomic E-state index is 0.161. The Kier molecular flexibility index (Phi) is 6.08. The van der Waals surface area contributed by atoms with Crippen LogP contribution in [0.5, 0.6) is 11.8 Å². The van der Waals surface area contributed by atoms with Crippen molar-refractivity contribution < 1.29 is 9.47 Å². The minimum Gasteiger partial charge on any atom is -0.497 e. The molecule has 2 N–H and O–H groups in total. The van der Waals surface area contributed by atoms with E-state index in [1.165, 1.54) is 0 Å². The second kappa shape index (κ2) is 8.68. The van der Waals surface area contributed by atoms with Crippen molar-refractivity contribution in [3.05, 3.63) is 46.5 Å². The van der Waals surface area contributed by atoms with Crippen molar-refractivity contribution in [1.82, 2.24) is 19.1 Å². The van der Waals surface area contributed by atoms with Gasteiger partial charge >= 0.3 is 11.7 Å². The van der Waals surface area contributed by atoms with Gasteiger partial charge in [-0.05, 0) is 24.1 Å². The Bertz CT molecular complexity index is 946.